The van der Waals surface area contributed by atoms with E-state index in [2.05, 4.69) is 0 Å². The minimum absolute atomic E-state index is 0.0764. The van der Waals surface area contributed by atoms with E-state index >= 15 is 0 Å². The van der Waals surface area contributed by atoms with Crippen molar-refractivity contribution >= 4 is 15.9 Å². The topological polar surface area (TPSA) is 87.5 Å². The van der Waals surface area contributed by atoms with Crippen molar-refractivity contribution in [1.82, 2.24) is 4.31 Å². The first kappa shape index (κ1) is 21.6. The first-order valence-electron chi connectivity index (χ1n) is 8.77. The Bertz CT molecular complexity index is 1120. The van der Waals surface area contributed by atoms with Crippen LogP contribution in [0.25, 0.3) is 0 Å². The van der Waals surface area contributed by atoms with Crippen LogP contribution in [0.4, 0.5) is 13.2 Å². The lowest BCUT2D eigenvalue weighted by molar-refractivity contribution is -0.137. The summed E-state index contributed by atoms with van der Waals surface area (Å²) in [6.45, 7) is 2.98. The van der Waals surface area contributed by atoms with Crippen LogP contribution in [0.1, 0.15) is 25.0 Å². The third kappa shape index (κ3) is 3.85. The number of amides is 1. The zero-order valence-electron chi connectivity index (χ0n) is 16.0. The summed E-state index contributed by atoms with van der Waals surface area (Å²) in [5.74, 6) is -1.16. The van der Waals surface area contributed by atoms with Gasteiger partial charge in [0, 0.05) is 12.0 Å². The minimum atomic E-state index is -4.79. The van der Waals surface area contributed by atoms with Gasteiger partial charge >= 0.3 is 6.18 Å². The molecule has 3 rings (SSSR count). The molecule has 1 unspecified atom stereocenters. The van der Waals surface area contributed by atoms with Crippen molar-refractivity contribution in [2.24, 2.45) is 5.41 Å². The predicted molar refractivity (Wildman–Crippen MR) is 99.7 cm³/mol. The molecule has 1 aliphatic rings. The predicted octanol–water partition coefficient (Wildman–Crippen LogP) is 3.58. The van der Waals surface area contributed by atoms with E-state index in [-0.39, 0.29) is 17.2 Å². The maximum atomic E-state index is 13.2. The fraction of sp³-hybridized carbons (Fsp3) is 0.300. The highest BCUT2D eigenvalue weighted by Crippen LogP contribution is 2.39. The first-order valence-corrected chi connectivity index (χ1v) is 10.2. The summed E-state index contributed by atoms with van der Waals surface area (Å²) in [7, 11) is -4.15. The van der Waals surface area contributed by atoms with Crippen LogP contribution in [0.2, 0.25) is 0 Å². The third-order valence-electron chi connectivity index (χ3n) is 4.73. The number of hydrogen-bond donors (Lipinski definition) is 0. The first-order chi connectivity index (χ1) is 13.9. The summed E-state index contributed by atoms with van der Waals surface area (Å²) in [4.78, 5) is 12.8. The molecule has 0 saturated carbocycles. The highest BCUT2D eigenvalue weighted by Gasteiger charge is 2.52. The number of nitriles is 1. The number of ether oxygens (including phenoxy) is 1. The molecular weight excluding hydrogens is 421 g/mol. The largest absolute Gasteiger partial charge is 0.480 e. The van der Waals surface area contributed by atoms with E-state index in [1.54, 1.807) is 19.9 Å². The number of hydrogen-bond acceptors (Lipinski definition) is 5. The number of benzene rings is 2. The Labute approximate surface area is 171 Å². The van der Waals surface area contributed by atoms with Gasteiger partial charge in [-0.1, -0.05) is 32.0 Å². The molecule has 10 heteroatoms. The Morgan fingerprint density at radius 1 is 1.17 bits per heavy atom. The van der Waals surface area contributed by atoms with Crippen molar-refractivity contribution in [2.75, 3.05) is 6.54 Å². The van der Waals surface area contributed by atoms with Crippen molar-refractivity contribution in [2.45, 2.75) is 31.0 Å². The number of carbonyl (C=O) groups is 1. The molecule has 1 amide bonds. The van der Waals surface area contributed by atoms with Gasteiger partial charge in [0.2, 0.25) is 0 Å². The van der Waals surface area contributed by atoms with E-state index in [1.165, 1.54) is 30.3 Å². The monoisotopic (exact) mass is 438 g/mol. The fourth-order valence-corrected chi connectivity index (χ4v) is 4.78. The smallest absolute Gasteiger partial charge is 0.417 e. The van der Waals surface area contributed by atoms with E-state index in [9.17, 15) is 26.4 Å². The second-order valence-corrected chi connectivity index (χ2v) is 9.33. The molecule has 2 aromatic carbocycles. The third-order valence-corrected chi connectivity index (χ3v) is 6.49. The van der Waals surface area contributed by atoms with E-state index in [0.29, 0.717) is 10.4 Å². The summed E-state index contributed by atoms with van der Waals surface area (Å²) < 4.78 is 71.6. The van der Waals surface area contributed by atoms with Crippen LogP contribution < -0.4 is 4.74 Å². The Kier molecular flexibility index (Phi) is 5.28. The number of halogens is 3. The molecule has 0 bridgehead atoms. The van der Waals surface area contributed by atoms with Crippen LogP contribution in [0.5, 0.6) is 5.75 Å². The van der Waals surface area contributed by atoms with Gasteiger partial charge in [-0.25, -0.2) is 12.7 Å². The second-order valence-electron chi connectivity index (χ2n) is 7.47. The van der Waals surface area contributed by atoms with Gasteiger partial charge in [-0.15, -0.1) is 0 Å². The summed E-state index contributed by atoms with van der Waals surface area (Å²) in [6, 6.07) is 11.5. The minimum Gasteiger partial charge on any atom is -0.480 e. The van der Waals surface area contributed by atoms with Gasteiger partial charge < -0.3 is 4.74 Å². The molecule has 0 aliphatic carbocycles. The van der Waals surface area contributed by atoms with Crippen molar-refractivity contribution in [1.29, 1.82) is 5.26 Å². The van der Waals surface area contributed by atoms with Gasteiger partial charge in [0.05, 0.1) is 22.1 Å². The van der Waals surface area contributed by atoms with Crippen molar-refractivity contribution < 1.29 is 31.1 Å². The summed E-state index contributed by atoms with van der Waals surface area (Å²) >= 11 is 0. The molecule has 30 heavy (non-hydrogen) atoms. The molecule has 1 heterocycles. The van der Waals surface area contributed by atoms with Gasteiger partial charge in [-0.05, 0) is 30.3 Å². The molecule has 0 N–H and O–H groups in total. The lowest BCUT2D eigenvalue weighted by atomic mass is 9.89. The normalized spacial score (nSPS) is 18.9. The summed E-state index contributed by atoms with van der Waals surface area (Å²) in [5.41, 5.74) is -2.79. The van der Waals surface area contributed by atoms with Gasteiger partial charge in [-0.3, -0.25) is 4.79 Å². The lowest BCUT2D eigenvalue weighted by Crippen LogP contribution is -2.38. The number of alkyl halides is 3. The average molecular weight is 438 g/mol. The maximum absolute atomic E-state index is 13.2. The number of sulfonamides is 1. The Morgan fingerprint density at radius 2 is 1.80 bits per heavy atom. The van der Waals surface area contributed by atoms with Crippen LogP contribution in [0, 0.1) is 16.7 Å². The molecular formula is C20H17F3N2O4S. The molecule has 0 radical (unpaired) electrons. The molecule has 0 spiro atoms. The number of rotatable bonds is 4. The molecule has 6 nitrogen and oxygen atoms in total. The molecule has 2 aromatic rings. The van der Waals surface area contributed by atoms with Crippen LogP contribution in [-0.4, -0.2) is 31.3 Å². The second kappa shape index (κ2) is 7.32. The van der Waals surface area contributed by atoms with Crippen molar-refractivity contribution in [3.05, 3.63) is 59.7 Å². The maximum Gasteiger partial charge on any atom is 0.417 e. The zero-order chi connectivity index (χ0) is 22.3. The Morgan fingerprint density at radius 3 is 2.37 bits per heavy atom. The van der Waals surface area contributed by atoms with Gasteiger partial charge in [0.1, 0.15) is 5.75 Å². The summed E-state index contributed by atoms with van der Waals surface area (Å²) in [6.07, 6.45) is -6.12. The van der Waals surface area contributed by atoms with Gasteiger partial charge in [-0.2, -0.15) is 18.4 Å². The molecule has 1 atom stereocenters. The zero-order valence-corrected chi connectivity index (χ0v) is 16.8. The molecule has 0 aromatic heterocycles. The van der Waals surface area contributed by atoms with Gasteiger partial charge in [0.25, 0.3) is 15.9 Å². The average Bonchev–Trinajstić information content (AvgIpc) is 2.92. The van der Waals surface area contributed by atoms with Crippen LogP contribution in [-0.2, 0) is 21.0 Å². The molecule has 1 saturated heterocycles. The van der Waals surface area contributed by atoms with Crippen molar-refractivity contribution in [3.8, 4) is 11.8 Å². The number of carbonyl (C=O) groups excluding carboxylic acids is 1. The van der Waals surface area contributed by atoms with Crippen LogP contribution >= 0.6 is 0 Å². The van der Waals surface area contributed by atoms with Gasteiger partial charge in [0.15, 0.2) is 6.10 Å². The lowest BCUT2D eigenvalue weighted by Gasteiger charge is -2.24. The van der Waals surface area contributed by atoms with E-state index < -0.39 is 44.8 Å². The van der Waals surface area contributed by atoms with Crippen LogP contribution in [0.3, 0.4) is 0 Å². The Hall–Kier alpha value is -3.06. The number of nitrogens with zero attached hydrogens (tertiary/aromatic N) is 2. The quantitative estimate of drug-likeness (QED) is 0.728. The molecule has 158 valence electrons. The van der Waals surface area contributed by atoms with E-state index in [1.807, 2.05) is 0 Å². The molecule has 1 fully saturated rings. The van der Waals surface area contributed by atoms with Crippen molar-refractivity contribution in [3.63, 3.8) is 0 Å². The van der Waals surface area contributed by atoms with Crippen LogP contribution in [0.15, 0.2) is 53.4 Å². The van der Waals surface area contributed by atoms with E-state index in [4.69, 9.17) is 10.00 Å². The standard InChI is InChI=1S/C20H17F3N2O4S/c1-19(2)12-25(30(27,28)15-6-4-3-5-7-15)18(26)17(19)29-14-9-8-13(11-24)16(10-14)20(21,22)23/h3-10,17H,12H2,1-2H3. The molecule has 1 aliphatic heterocycles. The highest BCUT2D eigenvalue weighted by atomic mass is 32.2. The summed E-state index contributed by atoms with van der Waals surface area (Å²) in [5, 5.41) is 8.90. The SMILES string of the molecule is CC1(C)CN(S(=O)(=O)c2ccccc2)C(=O)C1Oc1ccc(C#N)c(C(F)(F)F)c1. The fourth-order valence-electron chi connectivity index (χ4n) is 3.19. The van der Waals surface area contributed by atoms with E-state index in [0.717, 1.165) is 12.1 Å². The highest BCUT2D eigenvalue weighted by molar-refractivity contribution is 7.89. The Balaban J connectivity index is 1.95.